The number of nitrogens with one attached hydrogen (secondary N) is 1. The molecule has 0 aliphatic carbocycles. The average molecular weight is 546 g/mol. The summed E-state index contributed by atoms with van der Waals surface area (Å²) in [5, 5.41) is 20.8. The zero-order chi connectivity index (χ0) is 28.1. The van der Waals surface area contributed by atoms with Gasteiger partial charge in [0.2, 0.25) is 0 Å². The number of fused-ring (bicyclic) bond motifs is 1. The van der Waals surface area contributed by atoms with Gasteiger partial charge in [-0.1, -0.05) is 72.4 Å². The molecule has 0 saturated carbocycles. The number of ketones is 1. The Morgan fingerprint density at radius 1 is 0.950 bits per heavy atom. The molecule has 0 spiro atoms. The van der Waals surface area contributed by atoms with Gasteiger partial charge < -0.3 is 9.15 Å². The van der Waals surface area contributed by atoms with E-state index in [1.54, 1.807) is 48.5 Å². The summed E-state index contributed by atoms with van der Waals surface area (Å²) in [4.78, 5) is 28.3. The minimum absolute atomic E-state index is 0.0565. The fourth-order valence-electron chi connectivity index (χ4n) is 4.17. The molecule has 0 atom stereocenters. The molecule has 2 aromatic heterocycles. The molecule has 5 aromatic rings. The van der Waals surface area contributed by atoms with Crippen LogP contribution in [0.25, 0.3) is 22.1 Å². The van der Waals surface area contributed by atoms with Gasteiger partial charge in [0.05, 0.1) is 5.75 Å². The number of aromatic amines is 1. The number of ether oxygens (including phenoxy) is 1. The van der Waals surface area contributed by atoms with E-state index >= 15 is 0 Å². The first-order valence-corrected chi connectivity index (χ1v) is 13.1. The Hall–Kier alpha value is -5.38. The number of para-hydroxylation sites is 1. The summed E-state index contributed by atoms with van der Waals surface area (Å²) >= 11 is 1.02. The molecule has 3 aromatic carbocycles. The summed E-state index contributed by atoms with van der Waals surface area (Å²) < 4.78 is 11.1. The molecule has 0 saturated heterocycles. The Balaban J connectivity index is 1.42. The normalized spacial score (nSPS) is 10.6. The van der Waals surface area contributed by atoms with Gasteiger partial charge >= 0.3 is 5.63 Å². The minimum Gasteiger partial charge on any atom is -0.489 e. The smallest absolute Gasteiger partial charge is 0.347 e. The van der Waals surface area contributed by atoms with Crippen molar-refractivity contribution in [3.8, 4) is 29.0 Å². The highest BCUT2D eigenvalue weighted by Crippen LogP contribution is 2.34. The fourth-order valence-corrected chi connectivity index (χ4v) is 5.08. The largest absolute Gasteiger partial charge is 0.489 e. The number of pyridine rings is 1. The molecule has 0 unspecified atom stereocenters. The van der Waals surface area contributed by atoms with Gasteiger partial charge in [0.25, 0.3) is 5.82 Å². The summed E-state index contributed by atoms with van der Waals surface area (Å²) in [5.74, 6) is 0.0486. The van der Waals surface area contributed by atoms with Crippen molar-refractivity contribution < 1.29 is 18.9 Å². The van der Waals surface area contributed by atoms with E-state index in [1.807, 2.05) is 30.3 Å². The number of aromatic nitrogens is 1. The number of carbonyl (C=O) groups excluding carboxylic acids is 1. The number of carbonyl (C=O) groups is 1. The summed E-state index contributed by atoms with van der Waals surface area (Å²) in [6.45, 7) is 0.394. The maximum absolute atomic E-state index is 13.0. The Morgan fingerprint density at radius 3 is 2.38 bits per heavy atom. The molecule has 0 amide bonds. The molecular weight excluding hydrogens is 524 g/mol. The van der Waals surface area contributed by atoms with E-state index in [-0.39, 0.29) is 28.3 Å². The van der Waals surface area contributed by atoms with Crippen LogP contribution < -0.4 is 21.1 Å². The number of H-pyrrole nitrogens is 1. The van der Waals surface area contributed by atoms with Crippen LogP contribution in [0, 0.1) is 22.7 Å². The van der Waals surface area contributed by atoms with Crippen LogP contribution >= 0.6 is 11.8 Å². The lowest BCUT2D eigenvalue weighted by atomic mass is 9.97. The quantitative estimate of drug-likeness (QED) is 0.160. The van der Waals surface area contributed by atoms with Crippen LogP contribution in [0.2, 0.25) is 0 Å². The van der Waals surface area contributed by atoms with E-state index in [0.29, 0.717) is 39.5 Å². The highest BCUT2D eigenvalue weighted by molar-refractivity contribution is 7.99. The van der Waals surface area contributed by atoms with E-state index in [0.717, 1.165) is 17.3 Å². The van der Waals surface area contributed by atoms with Gasteiger partial charge in [-0.15, -0.1) is 0 Å². The molecule has 5 rings (SSSR count). The van der Waals surface area contributed by atoms with Gasteiger partial charge in [0.1, 0.15) is 46.8 Å². The average Bonchev–Trinajstić information content (AvgIpc) is 2.99. The molecular formula is C31H21N4O4S+. The van der Waals surface area contributed by atoms with Crippen LogP contribution in [-0.2, 0) is 6.61 Å². The van der Waals surface area contributed by atoms with E-state index in [1.165, 1.54) is 6.07 Å². The summed E-state index contributed by atoms with van der Waals surface area (Å²) in [6, 6.07) is 29.4. The van der Waals surface area contributed by atoms with Gasteiger partial charge in [-0.25, -0.2) is 9.78 Å². The third kappa shape index (κ3) is 5.41. The second-order valence-corrected chi connectivity index (χ2v) is 9.70. The number of nitrogens with zero attached hydrogens (tertiary/aromatic N) is 2. The molecule has 2 heterocycles. The first-order valence-electron chi connectivity index (χ1n) is 12.1. The highest BCUT2D eigenvalue weighted by Gasteiger charge is 2.25. The van der Waals surface area contributed by atoms with Crippen molar-refractivity contribution in [1.29, 1.82) is 10.5 Å². The Bertz CT molecular complexity index is 1870. The Morgan fingerprint density at radius 2 is 1.65 bits per heavy atom. The maximum atomic E-state index is 13.0. The first kappa shape index (κ1) is 26.2. The molecule has 8 nitrogen and oxygen atoms in total. The third-order valence-electron chi connectivity index (χ3n) is 6.15. The van der Waals surface area contributed by atoms with Crippen LogP contribution in [0.4, 0.5) is 5.82 Å². The molecule has 0 aliphatic rings. The SMILES string of the molecule is N#Cc1c(N)[nH+]c(SCC(=O)c2cc3ccccc3oc2=O)c(C#N)c1-c1ccc(OCc2ccccc2)cc1. The Kier molecular flexibility index (Phi) is 7.58. The number of nitrogens with two attached hydrogens (primary N) is 1. The number of Topliss-reactive ketones (excluding diaryl/α,β-unsaturated/α-hetero) is 1. The topological polar surface area (TPSA) is 144 Å². The number of nitrogen functional groups attached to an aromatic ring is 1. The van der Waals surface area contributed by atoms with Gasteiger partial charge in [-0.2, -0.15) is 10.5 Å². The predicted molar refractivity (Wildman–Crippen MR) is 151 cm³/mol. The van der Waals surface area contributed by atoms with Crippen molar-refractivity contribution >= 4 is 34.3 Å². The Labute approximate surface area is 233 Å². The monoisotopic (exact) mass is 545 g/mol. The zero-order valence-electron chi connectivity index (χ0n) is 21.0. The van der Waals surface area contributed by atoms with E-state index < -0.39 is 11.4 Å². The number of hydrogen-bond donors (Lipinski definition) is 1. The van der Waals surface area contributed by atoms with Crippen LogP contribution in [0.3, 0.4) is 0 Å². The number of nitriles is 2. The fraction of sp³-hybridized carbons (Fsp3) is 0.0645. The first-order chi connectivity index (χ1) is 19.5. The molecule has 0 aliphatic heterocycles. The van der Waals surface area contributed by atoms with Crippen LogP contribution in [-0.4, -0.2) is 11.5 Å². The molecule has 194 valence electrons. The number of anilines is 1. The lowest BCUT2D eigenvalue weighted by Gasteiger charge is -2.11. The van der Waals surface area contributed by atoms with Crippen molar-refractivity contribution in [2.45, 2.75) is 11.6 Å². The second-order valence-electron chi connectivity index (χ2n) is 8.71. The van der Waals surface area contributed by atoms with Gasteiger partial charge in [0, 0.05) is 10.9 Å². The summed E-state index contributed by atoms with van der Waals surface area (Å²) in [6.07, 6.45) is 0. The molecule has 0 bridgehead atoms. The standard InChI is InChI=1S/C31H20N4O4S/c32-15-24-28(20-10-12-22(13-11-20)38-17-19-6-2-1-3-7-19)25(16-33)30(35-29(24)34)40-18-26(36)23-14-21-8-4-5-9-27(21)39-31(23)37/h1-14H,17-18H2,(H2,34,35)/p+1. The third-order valence-corrected chi connectivity index (χ3v) is 7.15. The zero-order valence-corrected chi connectivity index (χ0v) is 21.8. The van der Waals surface area contributed by atoms with Crippen LogP contribution in [0.15, 0.2) is 99.2 Å². The van der Waals surface area contributed by atoms with E-state index in [9.17, 15) is 20.1 Å². The number of thioether (sulfide) groups is 1. The lowest BCUT2D eigenvalue weighted by Crippen LogP contribution is -2.20. The van der Waals surface area contributed by atoms with Gasteiger partial charge in [-0.3, -0.25) is 10.5 Å². The minimum atomic E-state index is -0.733. The summed E-state index contributed by atoms with van der Waals surface area (Å²) in [7, 11) is 0. The van der Waals surface area contributed by atoms with Crippen molar-refractivity contribution in [2.24, 2.45) is 0 Å². The number of rotatable bonds is 8. The van der Waals surface area contributed by atoms with Gasteiger partial charge in [0.15, 0.2) is 10.8 Å². The van der Waals surface area contributed by atoms with Crippen molar-refractivity contribution in [1.82, 2.24) is 0 Å². The van der Waals surface area contributed by atoms with Crippen LogP contribution in [0.1, 0.15) is 27.0 Å². The van der Waals surface area contributed by atoms with Crippen molar-refractivity contribution in [3.05, 3.63) is 118 Å². The molecule has 3 N–H and O–H groups in total. The van der Waals surface area contributed by atoms with E-state index in [4.69, 9.17) is 14.9 Å². The van der Waals surface area contributed by atoms with Crippen molar-refractivity contribution in [3.63, 3.8) is 0 Å². The van der Waals surface area contributed by atoms with Crippen LogP contribution in [0.5, 0.6) is 5.75 Å². The van der Waals surface area contributed by atoms with Crippen molar-refractivity contribution in [2.75, 3.05) is 11.5 Å². The van der Waals surface area contributed by atoms with E-state index in [2.05, 4.69) is 17.1 Å². The molecule has 9 heteroatoms. The highest BCUT2D eigenvalue weighted by atomic mass is 32.2. The lowest BCUT2D eigenvalue weighted by molar-refractivity contribution is -0.410. The summed E-state index contributed by atoms with van der Waals surface area (Å²) in [5.41, 5.74) is 7.96. The predicted octanol–water partition coefficient (Wildman–Crippen LogP) is 5.15. The number of benzene rings is 3. The van der Waals surface area contributed by atoms with Gasteiger partial charge in [-0.05, 0) is 35.4 Å². The second kappa shape index (κ2) is 11.6. The molecule has 0 radical (unpaired) electrons. The maximum Gasteiger partial charge on any atom is 0.347 e. The number of hydrogen-bond acceptors (Lipinski definition) is 8. The molecule has 0 fully saturated rings. The molecule has 40 heavy (non-hydrogen) atoms.